The maximum atomic E-state index is 14.0. The van der Waals surface area contributed by atoms with Gasteiger partial charge in [0.1, 0.15) is 0 Å². The van der Waals surface area contributed by atoms with Gasteiger partial charge >= 0.3 is 0 Å². The number of benzene rings is 1. The number of hydrogen-bond acceptors (Lipinski definition) is 4. The van der Waals surface area contributed by atoms with E-state index in [0.29, 0.717) is 11.8 Å². The molecule has 0 atom stereocenters. The Hall–Kier alpha value is -2.44. The lowest BCUT2D eigenvalue weighted by Crippen LogP contribution is -2.50. The van der Waals surface area contributed by atoms with Gasteiger partial charge in [-0.05, 0) is 80.1 Å². The molecule has 194 valence electrons. The van der Waals surface area contributed by atoms with E-state index in [4.69, 9.17) is 5.73 Å². The fourth-order valence-electron chi connectivity index (χ4n) is 6.20. The Labute approximate surface area is 210 Å². The number of rotatable bonds is 5. The normalized spacial score (nSPS) is 25.7. The molecule has 1 aromatic carbocycles. The second kappa shape index (κ2) is 10.3. The third-order valence-electron chi connectivity index (χ3n) is 8.52. The number of hydrogen-bond donors (Lipinski definition) is 1. The minimum atomic E-state index is -0.773. The average Bonchev–Trinajstić information content (AvgIpc) is 2.78. The molecule has 0 saturated heterocycles. The Balaban J connectivity index is 1.92. The highest BCUT2D eigenvalue weighted by Gasteiger charge is 2.40. The molecule has 7 heteroatoms. The fraction of sp³-hybridized carbons (Fsp3) is 0.714. The van der Waals surface area contributed by atoms with Crippen molar-refractivity contribution in [1.82, 2.24) is 4.90 Å². The predicted octanol–water partition coefficient (Wildman–Crippen LogP) is 6.35. The first-order valence-electron chi connectivity index (χ1n) is 13.1. The third-order valence-corrected chi connectivity index (χ3v) is 8.52. The van der Waals surface area contributed by atoms with Gasteiger partial charge in [-0.3, -0.25) is 19.7 Å². The van der Waals surface area contributed by atoms with Crippen molar-refractivity contribution in [3.63, 3.8) is 0 Å². The lowest BCUT2D eigenvalue weighted by Gasteiger charge is -2.47. The van der Waals surface area contributed by atoms with Gasteiger partial charge < -0.3 is 10.6 Å². The maximum absolute atomic E-state index is 14.0. The van der Waals surface area contributed by atoms with Crippen LogP contribution in [0.1, 0.15) is 114 Å². The number of nitrogens with zero attached hydrogens (tertiary/aromatic N) is 2. The van der Waals surface area contributed by atoms with Crippen LogP contribution in [0, 0.1) is 32.8 Å². The van der Waals surface area contributed by atoms with Crippen LogP contribution < -0.4 is 5.73 Å². The van der Waals surface area contributed by atoms with Crippen molar-refractivity contribution in [1.29, 1.82) is 0 Å². The van der Waals surface area contributed by atoms with Gasteiger partial charge in [0.25, 0.3) is 11.6 Å². The van der Waals surface area contributed by atoms with Crippen molar-refractivity contribution in [2.24, 2.45) is 28.4 Å². The van der Waals surface area contributed by atoms with E-state index in [1.165, 1.54) is 12.1 Å². The zero-order valence-corrected chi connectivity index (χ0v) is 22.3. The van der Waals surface area contributed by atoms with Gasteiger partial charge in [-0.2, -0.15) is 0 Å². The summed E-state index contributed by atoms with van der Waals surface area (Å²) in [5, 5.41) is 11.5. The molecule has 35 heavy (non-hydrogen) atoms. The molecule has 2 aliphatic carbocycles. The quantitative estimate of drug-likeness (QED) is 0.387. The summed E-state index contributed by atoms with van der Waals surface area (Å²) >= 11 is 0. The van der Waals surface area contributed by atoms with Crippen molar-refractivity contribution < 1.29 is 14.5 Å². The van der Waals surface area contributed by atoms with Crippen LogP contribution in [0.4, 0.5) is 5.69 Å². The van der Waals surface area contributed by atoms with E-state index in [1.54, 1.807) is 0 Å². The summed E-state index contributed by atoms with van der Waals surface area (Å²) in [7, 11) is 0. The predicted molar refractivity (Wildman–Crippen MR) is 138 cm³/mol. The number of nitro benzene ring substituents is 1. The van der Waals surface area contributed by atoms with Crippen molar-refractivity contribution in [2.75, 3.05) is 0 Å². The molecule has 0 spiro atoms. The molecule has 0 aromatic heterocycles. The Morgan fingerprint density at radius 2 is 1.20 bits per heavy atom. The van der Waals surface area contributed by atoms with Crippen molar-refractivity contribution in [2.45, 2.75) is 105 Å². The summed E-state index contributed by atoms with van der Waals surface area (Å²) in [5.74, 6) is 0.249. The zero-order chi connectivity index (χ0) is 26.1. The molecule has 2 N–H and O–H groups in total. The van der Waals surface area contributed by atoms with Crippen LogP contribution in [-0.2, 0) is 0 Å². The van der Waals surface area contributed by atoms with Gasteiger partial charge in [0.2, 0.25) is 5.91 Å². The third kappa shape index (κ3) is 6.42. The summed E-state index contributed by atoms with van der Waals surface area (Å²) in [6, 6.07) is 4.07. The minimum absolute atomic E-state index is 0.00428. The Bertz CT molecular complexity index is 878. The summed E-state index contributed by atoms with van der Waals surface area (Å²) in [4.78, 5) is 38.8. The highest BCUT2D eigenvalue weighted by atomic mass is 16.6. The molecule has 0 aliphatic heterocycles. The van der Waals surface area contributed by atoms with E-state index in [-0.39, 0.29) is 45.6 Å². The number of amides is 2. The van der Waals surface area contributed by atoms with Crippen molar-refractivity contribution >= 4 is 17.5 Å². The minimum Gasteiger partial charge on any atom is -0.366 e. The van der Waals surface area contributed by atoms with Crippen LogP contribution in [0.15, 0.2) is 18.2 Å². The second-order valence-corrected chi connectivity index (χ2v) is 12.8. The van der Waals surface area contributed by atoms with Gasteiger partial charge in [-0.15, -0.1) is 0 Å². The summed E-state index contributed by atoms with van der Waals surface area (Å²) in [6.07, 6.45) is 8.00. The fourth-order valence-corrected chi connectivity index (χ4v) is 6.20. The van der Waals surface area contributed by atoms with Crippen LogP contribution in [0.5, 0.6) is 0 Å². The number of primary amides is 1. The summed E-state index contributed by atoms with van der Waals surface area (Å²) in [5.41, 5.74) is 5.81. The standard InChI is InChI=1S/C28H43N3O4/c1-27(2,3)20-7-11-22(12-8-20)30(23-13-9-21(10-14-23)28(4,5)6)26(33)19-15-18(25(29)32)16-24(17-19)31(34)35/h15-17,20-23H,7-14H2,1-6H3,(H2,29,32)/t20-,21-,22+,23+. The number of carbonyl (C=O) groups is 2. The van der Waals surface area contributed by atoms with Gasteiger partial charge in [0, 0.05) is 35.3 Å². The molecule has 2 amide bonds. The Morgan fingerprint density at radius 3 is 1.54 bits per heavy atom. The number of carbonyl (C=O) groups excluding carboxylic acids is 2. The highest BCUT2D eigenvalue weighted by Crippen LogP contribution is 2.43. The number of non-ortho nitro benzene ring substituents is 1. The smallest absolute Gasteiger partial charge is 0.271 e. The summed E-state index contributed by atoms with van der Waals surface area (Å²) < 4.78 is 0. The first kappa shape index (κ1) is 27.2. The number of nitrogens with two attached hydrogens (primary N) is 1. The van der Waals surface area contributed by atoms with Crippen LogP contribution in [0.2, 0.25) is 0 Å². The summed E-state index contributed by atoms with van der Waals surface area (Å²) in [6.45, 7) is 13.7. The maximum Gasteiger partial charge on any atom is 0.271 e. The van der Waals surface area contributed by atoms with E-state index in [2.05, 4.69) is 41.5 Å². The monoisotopic (exact) mass is 485 g/mol. The van der Waals surface area contributed by atoms with Crippen LogP contribution >= 0.6 is 0 Å². The van der Waals surface area contributed by atoms with E-state index < -0.39 is 10.8 Å². The van der Waals surface area contributed by atoms with Crippen LogP contribution in [-0.4, -0.2) is 33.7 Å². The second-order valence-electron chi connectivity index (χ2n) is 12.8. The molecule has 0 heterocycles. The topological polar surface area (TPSA) is 107 Å². The van der Waals surface area contributed by atoms with Crippen molar-refractivity contribution in [3.8, 4) is 0 Å². The van der Waals surface area contributed by atoms with Crippen LogP contribution in [0.25, 0.3) is 0 Å². The lowest BCUT2D eigenvalue weighted by atomic mass is 9.69. The van der Waals surface area contributed by atoms with Gasteiger partial charge in [-0.25, -0.2) is 0 Å². The molecule has 0 bridgehead atoms. The molecule has 2 saturated carbocycles. The average molecular weight is 486 g/mol. The highest BCUT2D eigenvalue weighted by molar-refractivity contribution is 6.00. The van der Waals surface area contributed by atoms with E-state index in [0.717, 1.165) is 57.4 Å². The SMILES string of the molecule is CC(C)(C)[C@H]1CC[C@@H](N(C(=O)c2cc(C(N)=O)cc([N+](=O)[O-])c2)[C@H]2CC[C@@H](C(C)(C)C)CC2)CC1. The first-order chi connectivity index (χ1) is 16.2. The molecule has 2 fully saturated rings. The number of nitro groups is 1. The molecule has 1 aromatic rings. The molecular weight excluding hydrogens is 442 g/mol. The van der Waals surface area contributed by atoms with Gasteiger partial charge in [0.05, 0.1) is 4.92 Å². The molecule has 0 unspecified atom stereocenters. The first-order valence-corrected chi connectivity index (χ1v) is 13.1. The van der Waals surface area contributed by atoms with Gasteiger partial charge in [0.15, 0.2) is 0 Å². The zero-order valence-electron chi connectivity index (χ0n) is 22.3. The van der Waals surface area contributed by atoms with Gasteiger partial charge in [-0.1, -0.05) is 41.5 Å². The molecule has 3 rings (SSSR count). The molecule has 0 radical (unpaired) electrons. The molecular formula is C28H43N3O4. The lowest BCUT2D eigenvalue weighted by molar-refractivity contribution is -0.384. The van der Waals surface area contributed by atoms with E-state index in [1.807, 2.05) is 4.90 Å². The largest absolute Gasteiger partial charge is 0.366 e. The molecule has 7 nitrogen and oxygen atoms in total. The van der Waals surface area contributed by atoms with Crippen molar-refractivity contribution in [3.05, 3.63) is 39.4 Å². The Morgan fingerprint density at radius 1 is 0.800 bits per heavy atom. The van der Waals surface area contributed by atoms with E-state index >= 15 is 0 Å². The Kier molecular flexibility index (Phi) is 7.97. The van der Waals surface area contributed by atoms with E-state index in [9.17, 15) is 19.7 Å². The molecule has 2 aliphatic rings. The van der Waals surface area contributed by atoms with Crippen LogP contribution in [0.3, 0.4) is 0 Å².